The number of likely N-dealkylation sites (tertiary alicyclic amines) is 1. The van der Waals surface area contributed by atoms with Crippen LogP contribution in [0.4, 0.5) is 0 Å². The van der Waals surface area contributed by atoms with E-state index < -0.39 is 10.0 Å². The van der Waals surface area contributed by atoms with E-state index in [1.807, 2.05) is 4.90 Å². The fourth-order valence-corrected chi connectivity index (χ4v) is 4.68. The molecule has 0 unspecified atom stereocenters. The standard InChI is InChI=1S/C23H30N2O3S/c1-18-7-9-19(10-8-18)11-12-20-13-15-25(16-14-20)23(26)21-5-4-6-22(17-21)29(27,28)24(2)3/h4-10,17,20H,11-16H2,1-3H3. The van der Waals surface area contributed by atoms with Crippen LogP contribution in [0.5, 0.6) is 0 Å². The highest BCUT2D eigenvalue weighted by molar-refractivity contribution is 7.89. The second-order valence-corrected chi connectivity index (χ2v) is 10.2. The Bertz CT molecular complexity index is 944. The largest absolute Gasteiger partial charge is 0.339 e. The normalized spacial score (nSPS) is 15.7. The number of rotatable bonds is 6. The maximum Gasteiger partial charge on any atom is 0.253 e. The van der Waals surface area contributed by atoms with Crippen LogP contribution >= 0.6 is 0 Å². The highest BCUT2D eigenvalue weighted by Crippen LogP contribution is 2.24. The van der Waals surface area contributed by atoms with Crippen LogP contribution < -0.4 is 0 Å². The van der Waals surface area contributed by atoms with E-state index in [1.54, 1.807) is 12.1 Å². The second kappa shape index (κ2) is 9.09. The van der Waals surface area contributed by atoms with E-state index in [1.165, 1.54) is 37.4 Å². The van der Waals surface area contributed by atoms with Gasteiger partial charge in [0.15, 0.2) is 0 Å². The van der Waals surface area contributed by atoms with Gasteiger partial charge in [0.25, 0.3) is 5.91 Å². The molecule has 1 aliphatic heterocycles. The quantitative estimate of drug-likeness (QED) is 0.724. The summed E-state index contributed by atoms with van der Waals surface area (Å²) in [5.74, 6) is 0.540. The summed E-state index contributed by atoms with van der Waals surface area (Å²) in [5, 5.41) is 0. The van der Waals surface area contributed by atoms with Crippen LogP contribution in [0.3, 0.4) is 0 Å². The molecule has 1 aliphatic rings. The molecular weight excluding hydrogens is 384 g/mol. The predicted molar refractivity (Wildman–Crippen MR) is 115 cm³/mol. The highest BCUT2D eigenvalue weighted by atomic mass is 32.2. The zero-order chi connectivity index (χ0) is 21.0. The number of hydrogen-bond donors (Lipinski definition) is 0. The Hall–Kier alpha value is -2.18. The third-order valence-electron chi connectivity index (χ3n) is 5.72. The van der Waals surface area contributed by atoms with E-state index >= 15 is 0 Å². The Kier molecular flexibility index (Phi) is 6.75. The first-order valence-corrected chi connectivity index (χ1v) is 11.6. The van der Waals surface area contributed by atoms with Crippen LogP contribution in [0.2, 0.25) is 0 Å². The molecule has 156 valence electrons. The SMILES string of the molecule is Cc1ccc(CCC2CCN(C(=O)c3cccc(S(=O)(=O)N(C)C)c3)CC2)cc1. The lowest BCUT2D eigenvalue weighted by molar-refractivity contribution is 0.0686. The van der Waals surface area contributed by atoms with Gasteiger partial charge in [0.05, 0.1) is 4.90 Å². The zero-order valence-electron chi connectivity index (χ0n) is 17.5. The number of piperidine rings is 1. The molecule has 0 radical (unpaired) electrons. The smallest absolute Gasteiger partial charge is 0.253 e. The Morgan fingerprint density at radius 1 is 1.07 bits per heavy atom. The third kappa shape index (κ3) is 5.25. The molecule has 2 aromatic carbocycles. The van der Waals surface area contributed by atoms with Crippen LogP contribution in [-0.2, 0) is 16.4 Å². The number of benzene rings is 2. The van der Waals surface area contributed by atoms with Crippen molar-refractivity contribution in [2.75, 3.05) is 27.2 Å². The van der Waals surface area contributed by atoms with E-state index in [0.717, 1.165) is 43.1 Å². The van der Waals surface area contributed by atoms with E-state index in [0.29, 0.717) is 11.5 Å². The van der Waals surface area contributed by atoms with Gasteiger partial charge in [0.1, 0.15) is 0 Å². The van der Waals surface area contributed by atoms with E-state index in [4.69, 9.17) is 0 Å². The topological polar surface area (TPSA) is 57.7 Å². The lowest BCUT2D eigenvalue weighted by atomic mass is 9.90. The van der Waals surface area contributed by atoms with Crippen molar-refractivity contribution >= 4 is 15.9 Å². The molecule has 0 aromatic heterocycles. The van der Waals surface area contributed by atoms with Crippen molar-refractivity contribution in [2.45, 2.75) is 37.5 Å². The number of sulfonamides is 1. The van der Waals surface area contributed by atoms with Crippen LogP contribution in [0, 0.1) is 12.8 Å². The average molecular weight is 415 g/mol. The fraction of sp³-hybridized carbons (Fsp3) is 0.435. The van der Waals surface area contributed by atoms with Crippen molar-refractivity contribution in [3.63, 3.8) is 0 Å². The third-order valence-corrected chi connectivity index (χ3v) is 7.53. The lowest BCUT2D eigenvalue weighted by Crippen LogP contribution is -2.38. The Morgan fingerprint density at radius 2 is 1.72 bits per heavy atom. The van der Waals surface area contributed by atoms with Gasteiger partial charge >= 0.3 is 0 Å². The van der Waals surface area contributed by atoms with Crippen LogP contribution in [-0.4, -0.2) is 50.7 Å². The minimum atomic E-state index is -3.55. The summed E-state index contributed by atoms with van der Waals surface area (Å²) in [6.45, 7) is 3.55. The van der Waals surface area contributed by atoms with Gasteiger partial charge in [0.2, 0.25) is 10.0 Å². The summed E-state index contributed by atoms with van der Waals surface area (Å²) >= 11 is 0. The molecule has 5 nitrogen and oxygen atoms in total. The van der Waals surface area contributed by atoms with Crippen molar-refractivity contribution in [2.24, 2.45) is 5.92 Å². The van der Waals surface area contributed by atoms with Gasteiger partial charge in [0, 0.05) is 32.7 Å². The maximum atomic E-state index is 12.9. The average Bonchev–Trinajstić information content (AvgIpc) is 2.73. The minimum absolute atomic E-state index is 0.0854. The van der Waals surface area contributed by atoms with E-state index in [9.17, 15) is 13.2 Å². The first kappa shape index (κ1) is 21.5. The van der Waals surface area contributed by atoms with Gasteiger partial charge in [-0.2, -0.15) is 0 Å². The van der Waals surface area contributed by atoms with Gasteiger partial charge in [-0.25, -0.2) is 12.7 Å². The van der Waals surface area contributed by atoms with E-state index in [2.05, 4.69) is 31.2 Å². The van der Waals surface area contributed by atoms with Gasteiger partial charge in [-0.05, 0) is 62.3 Å². The molecule has 1 amide bonds. The number of aryl methyl sites for hydroxylation is 2. The number of carbonyl (C=O) groups is 1. The Labute approximate surface area is 174 Å². The Balaban J connectivity index is 1.57. The number of amides is 1. The fourth-order valence-electron chi connectivity index (χ4n) is 3.73. The molecule has 6 heteroatoms. The van der Waals surface area contributed by atoms with Crippen molar-refractivity contribution in [1.29, 1.82) is 0 Å². The molecule has 29 heavy (non-hydrogen) atoms. The van der Waals surface area contributed by atoms with Crippen LogP contribution in [0.15, 0.2) is 53.4 Å². The molecule has 0 N–H and O–H groups in total. The predicted octanol–water partition coefficient (Wildman–Crippen LogP) is 3.73. The van der Waals surface area contributed by atoms with Crippen molar-refractivity contribution < 1.29 is 13.2 Å². The number of carbonyl (C=O) groups excluding carboxylic acids is 1. The van der Waals surface area contributed by atoms with Crippen molar-refractivity contribution in [3.05, 3.63) is 65.2 Å². The van der Waals surface area contributed by atoms with Crippen molar-refractivity contribution in [1.82, 2.24) is 9.21 Å². The molecule has 1 fully saturated rings. The molecule has 0 bridgehead atoms. The first-order valence-electron chi connectivity index (χ1n) is 10.1. The summed E-state index contributed by atoms with van der Waals surface area (Å²) in [5.41, 5.74) is 3.09. The summed E-state index contributed by atoms with van der Waals surface area (Å²) in [6, 6.07) is 15.1. The van der Waals surface area contributed by atoms with Gasteiger partial charge in [-0.15, -0.1) is 0 Å². The van der Waals surface area contributed by atoms with Gasteiger partial charge in [-0.1, -0.05) is 35.9 Å². The molecule has 1 heterocycles. The molecule has 0 spiro atoms. The molecule has 1 saturated heterocycles. The summed E-state index contributed by atoms with van der Waals surface area (Å²) < 4.78 is 25.8. The van der Waals surface area contributed by atoms with Gasteiger partial charge in [-0.3, -0.25) is 4.79 Å². The molecule has 0 aliphatic carbocycles. The first-order chi connectivity index (χ1) is 13.8. The molecule has 0 saturated carbocycles. The van der Waals surface area contributed by atoms with Crippen LogP contribution in [0.1, 0.15) is 40.7 Å². The maximum absolute atomic E-state index is 12.9. The highest BCUT2D eigenvalue weighted by Gasteiger charge is 2.25. The van der Waals surface area contributed by atoms with Crippen molar-refractivity contribution in [3.8, 4) is 0 Å². The van der Waals surface area contributed by atoms with Crippen LogP contribution in [0.25, 0.3) is 0 Å². The monoisotopic (exact) mass is 414 g/mol. The summed E-state index contributed by atoms with van der Waals surface area (Å²) in [7, 11) is -0.564. The Morgan fingerprint density at radius 3 is 2.34 bits per heavy atom. The molecule has 3 rings (SSSR count). The lowest BCUT2D eigenvalue weighted by Gasteiger charge is -2.32. The minimum Gasteiger partial charge on any atom is -0.339 e. The zero-order valence-corrected chi connectivity index (χ0v) is 18.3. The molecule has 0 atom stereocenters. The summed E-state index contributed by atoms with van der Waals surface area (Å²) in [6.07, 6.45) is 4.20. The summed E-state index contributed by atoms with van der Waals surface area (Å²) in [4.78, 5) is 14.9. The van der Waals surface area contributed by atoms with E-state index in [-0.39, 0.29) is 10.8 Å². The van der Waals surface area contributed by atoms with Gasteiger partial charge < -0.3 is 4.90 Å². The second-order valence-electron chi connectivity index (χ2n) is 8.08. The number of nitrogens with zero attached hydrogens (tertiary/aromatic N) is 2. The molecule has 2 aromatic rings. The molecular formula is C23H30N2O3S. The number of hydrogen-bond acceptors (Lipinski definition) is 3.